The van der Waals surface area contributed by atoms with E-state index in [0.29, 0.717) is 12.3 Å². The van der Waals surface area contributed by atoms with E-state index in [1.165, 1.54) is 12.5 Å². The minimum atomic E-state index is -0.191. The van der Waals surface area contributed by atoms with E-state index < -0.39 is 0 Å². The zero-order valence-corrected chi connectivity index (χ0v) is 14.6. The summed E-state index contributed by atoms with van der Waals surface area (Å²) >= 11 is 0. The van der Waals surface area contributed by atoms with Crippen LogP contribution < -0.4 is 10.2 Å². The van der Waals surface area contributed by atoms with Crippen LogP contribution in [0.4, 0.5) is 10.1 Å². The minimum absolute atomic E-state index is 0.0768. The number of nitrogens with one attached hydrogen (secondary N) is 1. The van der Waals surface area contributed by atoms with Crippen molar-refractivity contribution < 1.29 is 18.7 Å². The van der Waals surface area contributed by atoms with E-state index in [-0.39, 0.29) is 30.5 Å². The van der Waals surface area contributed by atoms with Crippen LogP contribution in [0.25, 0.3) is 0 Å². The van der Waals surface area contributed by atoms with Gasteiger partial charge in [0, 0.05) is 25.7 Å². The van der Waals surface area contributed by atoms with Gasteiger partial charge in [-0.1, -0.05) is 12.1 Å². The number of halogens is 1. The number of amides is 1. The number of piperidine rings is 1. The van der Waals surface area contributed by atoms with Gasteiger partial charge >= 0.3 is 0 Å². The third kappa shape index (κ3) is 5.41. The molecule has 5 nitrogen and oxygen atoms in total. The number of carbonyl (C=O) groups is 1. The molecule has 0 aliphatic carbocycles. The normalized spacial score (nSPS) is 22.0. The Labute approximate surface area is 148 Å². The fourth-order valence-corrected chi connectivity index (χ4v) is 3.46. The molecule has 0 aromatic heterocycles. The van der Waals surface area contributed by atoms with Crippen LogP contribution in [0, 0.1) is 5.82 Å². The first-order valence-electron chi connectivity index (χ1n) is 9.20. The lowest BCUT2D eigenvalue weighted by molar-refractivity contribution is -0.128. The Morgan fingerprint density at radius 2 is 2.04 bits per heavy atom. The lowest BCUT2D eigenvalue weighted by Gasteiger charge is -2.34. The number of hydrogen-bond acceptors (Lipinski definition) is 4. The van der Waals surface area contributed by atoms with Crippen molar-refractivity contribution in [1.82, 2.24) is 5.32 Å². The van der Waals surface area contributed by atoms with Crippen LogP contribution in [0.2, 0.25) is 0 Å². The van der Waals surface area contributed by atoms with Crippen LogP contribution in [-0.2, 0) is 14.3 Å². The highest BCUT2D eigenvalue weighted by atomic mass is 19.1. The van der Waals surface area contributed by atoms with Crippen molar-refractivity contribution in [2.75, 3.05) is 37.8 Å². The number of carbonyl (C=O) groups excluding carboxylic acids is 1. The summed E-state index contributed by atoms with van der Waals surface area (Å²) in [4.78, 5) is 14.0. The lowest BCUT2D eigenvalue weighted by Crippen LogP contribution is -2.46. The Kier molecular flexibility index (Phi) is 6.64. The van der Waals surface area contributed by atoms with Crippen LogP contribution in [0.3, 0.4) is 0 Å². The predicted molar refractivity (Wildman–Crippen MR) is 94.2 cm³/mol. The van der Waals surface area contributed by atoms with Crippen LogP contribution >= 0.6 is 0 Å². The SMILES string of the molecule is O=C(COC[C@H]1CCCCO1)NC1CCN(c2ccccc2F)CC1. The van der Waals surface area contributed by atoms with Crippen LogP contribution in [-0.4, -0.2) is 51.0 Å². The second-order valence-electron chi connectivity index (χ2n) is 6.78. The molecule has 6 heteroatoms. The first kappa shape index (κ1) is 18.1. The second kappa shape index (κ2) is 9.15. The van der Waals surface area contributed by atoms with E-state index in [1.54, 1.807) is 12.1 Å². The fourth-order valence-electron chi connectivity index (χ4n) is 3.46. The Hall–Kier alpha value is -1.66. The summed E-state index contributed by atoms with van der Waals surface area (Å²) in [6, 6.07) is 6.96. The number of ether oxygens (including phenoxy) is 2. The second-order valence-corrected chi connectivity index (χ2v) is 6.78. The number of nitrogens with zero attached hydrogens (tertiary/aromatic N) is 1. The van der Waals surface area contributed by atoms with Crippen LogP contribution in [0.15, 0.2) is 24.3 Å². The first-order chi connectivity index (χ1) is 12.2. The lowest BCUT2D eigenvalue weighted by atomic mass is 10.0. The summed E-state index contributed by atoms with van der Waals surface area (Å²) in [6.07, 6.45) is 5.04. The van der Waals surface area contributed by atoms with Crippen LogP contribution in [0.5, 0.6) is 0 Å². The van der Waals surface area contributed by atoms with Crippen molar-refractivity contribution in [3.8, 4) is 0 Å². The maximum Gasteiger partial charge on any atom is 0.246 e. The largest absolute Gasteiger partial charge is 0.376 e. The van der Waals surface area contributed by atoms with Gasteiger partial charge in [-0.05, 0) is 44.2 Å². The molecular weight excluding hydrogens is 323 g/mol. The smallest absolute Gasteiger partial charge is 0.246 e. The standard InChI is InChI=1S/C19H27FN2O3/c20-17-6-1-2-7-18(17)22-10-8-15(9-11-22)21-19(23)14-24-13-16-5-3-4-12-25-16/h1-2,6-7,15-16H,3-5,8-14H2,(H,21,23)/t16-/m1/s1. The van der Waals surface area contributed by atoms with Gasteiger partial charge in [0.05, 0.1) is 18.4 Å². The molecule has 0 radical (unpaired) electrons. The summed E-state index contributed by atoms with van der Waals surface area (Å²) in [6.45, 7) is 2.83. The monoisotopic (exact) mass is 350 g/mol. The molecule has 3 rings (SSSR count). The third-order valence-electron chi connectivity index (χ3n) is 4.86. The Morgan fingerprint density at radius 3 is 2.76 bits per heavy atom. The zero-order valence-electron chi connectivity index (χ0n) is 14.6. The number of benzene rings is 1. The average molecular weight is 350 g/mol. The molecule has 0 unspecified atom stereocenters. The van der Waals surface area contributed by atoms with Crippen molar-refractivity contribution in [3.05, 3.63) is 30.1 Å². The van der Waals surface area contributed by atoms with Gasteiger partial charge in [0.25, 0.3) is 0 Å². The summed E-state index contributed by atoms with van der Waals surface area (Å²) in [5, 5.41) is 3.02. The number of anilines is 1. The molecule has 1 amide bonds. The maximum atomic E-state index is 13.8. The summed E-state index contributed by atoms with van der Waals surface area (Å²) in [7, 11) is 0. The summed E-state index contributed by atoms with van der Waals surface area (Å²) < 4.78 is 24.9. The highest BCUT2D eigenvalue weighted by Crippen LogP contribution is 2.22. The van der Waals surface area contributed by atoms with E-state index in [1.807, 2.05) is 11.0 Å². The maximum absolute atomic E-state index is 13.8. The first-order valence-corrected chi connectivity index (χ1v) is 9.20. The van der Waals surface area contributed by atoms with Gasteiger partial charge in [-0.2, -0.15) is 0 Å². The van der Waals surface area contributed by atoms with Gasteiger partial charge < -0.3 is 19.7 Å². The molecule has 2 saturated heterocycles. The molecule has 1 aromatic rings. The molecule has 1 N–H and O–H groups in total. The van der Waals surface area contributed by atoms with E-state index in [2.05, 4.69) is 5.32 Å². The molecule has 1 aromatic carbocycles. The Bertz CT molecular complexity index is 555. The molecule has 25 heavy (non-hydrogen) atoms. The number of hydrogen-bond donors (Lipinski definition) is 1. The molecule has 1 atom stereocenters. The van der Waals surface area contributed by atoms with Crippen molar-refractivity contribution in [2.45, 2.75) is 44.2 Å². The van der Waals surface area contributed by atoms with Gasteiger partial charge in [-0.3, -0.25) is 4.79 Å². The van der Waals surface area contributed by atoms with E-state index in [4.69, 9.17) is 9.47 Å². The molecule has 2 aliphatic heterocycles. The molecule has 0 saturated carbocycles. The van der Waals surface area contributed by atoms with Crippen molar-refractivity contribution in [1.29, 1.82) is 0 Å². The molecule has 0 spiro atoms. The van der Waals surface area contributed by atoms with Gasteiger partial charge in [-0.25, -0.2) is 4.39 Å². The number of para-hydroxylation sites is 1. The summed E-state index contributed by atoms with van der Waals surface area (Å²) in [5.74, 6) is -0.275. The molecule has 2 fully saturated rings. The van der Waals surface area contributed by atoms with E-state index >= 15 is 0 Å². The molecule has 2 heterocycles. The fraction of sp³-hybridized carbons (Fsp3) is 0.632. The molecule has 138 valence electrons. The Morgan fingerprint density at radius 1 is 1.24 bits per heavy atom. The molecular formula is C19H27FN2O3. The summed E-state index contributed by atoms with van der Waals surface area (Å²) in [5.41, 5.74) is 0.642. The van der Waals surface area contributed by atoms with Crippen molar-refractivity contribution in [3.63, 3.8) is 0 Å². The minimum Gasteiger partial charge on any atom is -0.376 e. The van der Waals surface area contributed by atoms with Crippen LogP contribution in [0.1, 0.15) is 32.1 Å². The van der Waals surface area contributed by atoms with Gasteiger partial charge in [-0.15, -0.1) is 0 Å². The van der Waals surface area contributed by atoms with Crippen molar-refractivity contribution in [2.24, 2.45) is 0 Å². The highest BCUT2D eigenvalue weighted by Gasteiger charge is 2.22. The predicted octanol–water partition coefficient (Wildman–Crippen LogP) is 2.50. The van der Waals surface area contributed by atoms with Gasteiger partial charge in [0.15, 0.2) is 0 Å². The zero-order chi connectivity index (χ0) is 17.5. The molecule has 0 bridgehead atoms. The van der Waals surface area contributed by atoms with Gasteiger partial charge in [0.2, 0.25) is 5.91 Å². The Balaban J connectivity index is 1.34. The quantitative estimate of drug-likeness (QED) is 0.856. The van der Waals surface area contributed by atoms with Crippen molar-refractivity contribution >= 4 is 11.6 Å². The third-order valence-corrected chi connectivity index (χ3v) is 4.86. The van der Waals surface area contributed by atoms with E-state index in [9.17, 15) is 9.18 Å². The topological polar surface area (TPSA) is 50.8 Å². The number of rotatable bonds is 6. The highest BCUT2D eigenvalue weighted by molar-refractivity contribution is 5.77. The average Bonchev–Trinajstić information content (AvgIpc) is 2.64. The van der Waals surface area contributed by atoms with Gasteiger partial charge in [0.1, 0.15) is 12.4 Å². The molecule has 2 aliphatic rings. The van der Waals surface area contributed by atoms with E-state index in [0.717, 1.165) is 45.4 Å².